The first-order valence-corrected chi connectivity index (χ1v) is 7.85. The molecule has 0 aromatic heterocycles. The van der Waals surface area contributed by atoms with Gasteiger partial charge in [-0.2, -0.15) is 4.31 Å². The SMILES string of the molecule is CS(=O)(=O)N1CCN(c2ccc(Cl)cc2N)CC1. The van der Waals surface area contributed by atoms with Crippen molar-refractivity contribution in [2.75, 3.05) is 43.1 Å². The first-order valence-electron chi connectivity index (χ1n) is 5.63. The highest BCUT2D eigenvalue weighted by atomic mass is 35.5. The molecule has 1 fully saturated rings. The summed E-state index contributed by atoms with van der Waals surface area (Å²) in [5.74, 6) is 0. The maximum atomic E-state index is 11.4. The van der Waals surface area contributed by atoms with E-state index < -0.39 is 10.0 Å². The predicted octanol–water partition coefficient (Wildman–Crippen LogP) is 1.00. The number of sulfonamides is 1. The molecule has 0 aliphatic carbocycles. The molecule has 1 aromatic carbocycles. The molecule has 0 amide bonds. The summed E-state index contributed by atoms with van der Waals surface area (Å²) in [4.78, 5) is 2.08. The Morgan fingerprint density at radius 2 is 1.83 bits per heavy atom. The van der Waals surface area contributed by atoms with E-state index in [0.717, 1.165) is 5.69 Å². The van der Waals surface area contributed by atoms with Gasteiger partial charge in [0.1, 0.15) is 0 Å². The Labute approximate surface area is 112 Å². The number of hydrogen-bond acceptors (Lipinski definition) is 4. The lowest BCUT2D eigenvalue weighted by Crippen LogP contribution is -2.48. The first-order chi connectivity index (χ1) is 8.38. The van der Waals surface area contributed by atoms with Gasteiger partial charge in [-0.05, 0) is 18.2 Å². The molecule has 0 atom stereocenters. The number of anilines is 2. The summed E-state index contributed by atoms with van der Waals surface area (Å²) in [7, 11) is -3.09. The van der Waals surface area contributed by atoms with Crippen LogP contribution in [0.15, 0.2) is 18.2 Å². The summed E-state index contributed by atoms with van der Waals surface area (Å²) in [6.45, 7) is 2.25. The van der Waals surface area contributed by atoms with Crippen molar-refractivity contribution < 1.29 is 8.42 Å². The third kappa shape index (κ3) is 2.88. The molecule has 1 saturated heterocycles. The van der Waals surface area contributed by atoms with E-state index in [9.17, 15) is 8.42 Å². The van der Waals surface area contributed by atoms with Gasteiger partial charge in [0.2, 0.25) is 10.0 Å². The van der Waals surface area contributed by atoms with Gasteiger partial charge in [-0.25, -0.2) is 8.42 Å². The van der Waals surface area contributed by atoms with Crippen LogP contribution in [0.25, 0.3) is 0 Å². The van der Waals surface area contributed by atoms with Crippen molar-refractivity contribution >= 4 is 33.0 Å². The number of halogens is 1. The van der Waals surface area contributed by atoms with Crippen molar-refractivity contribution in [1.82, 2.24) is 4.31 Å². The summed E-state index contributed by atoms with van der Waals surface area (Å²) in [6, 6.07) is 5.36. The Morgan fingerprint density at radius 3 is 2.33 bits per heavy atom. The van der Waals surface area contributed by atoms with Crippen molar-refractivity contribution in [3.8, 4) is 0 Å². The second-order valence-electron chi connectivity index (χ2n) is 4.35. The number of hydrogen-bond donors (Lipinski definition) is 1. The highest BCUT2D eigenvalue weighted by Gasteiger charge is 2.24. The van der Waals surface area contributed by atoms with Crippen molar-refractivity contribution in [3.05, 3.63) is 23.2 Å². The Morgan fingerprint density at radius 1 is 1.22 bits per heavy atom. The Bertz CT molecular complexity index is 539. The van der Waals surface area contributed by atoms with Gasteiger partial charge in [-0.1, -0.05) is 11.6 Å². The van der Waals surface area contributed by atoms with Crippen LogP contribution in [0.4, 0.5) is 11.4 Å². The first kappa shape index (κ1) is 13.5. The number of nitrogen functional groups attached to an aromatic ring is 1. The van der Waals surface area contributed by atoms with E-state index in [2.05, 4.69) is 4.90 Å². The molecule has 1 aliphatic rings. The molecule has 5 nitrogen and oxygen atoms in total. The fourth-order valence-corrected chi connectivity index (χ4v) is 3.08. The zero-order valence-electron chi connectivity index (χ0n) is 10.1. The standard InChI is InChI=1S/C11H16ClN3O2S/c1-18(16,17)15-6-4-14(5-7-15)11-3-2-9(12)8-10(11)13/h2-3,8H,4-7,13H2,1H3. The zero-order chi connectivity index (χ0) is 13.3. The van der Waals surface area contributed by atoms with Crippen molar-refractivity contribution in [3.63, 3.8) is 0 Å². The van der Waals surface area contributed by atoms with Crippen LogP contribution in [0.5, 0.6) is 0 Å². The average molecular weight is 290 g/mol. The number of nitrogens with two attached hydrogens (primary N) is 1. The van der Waals surface area contributed by atoms with Crippen LogP contribution in [0, 0.1) is 0 Å². The van der Waals surface area contributed by atoms with E-state index in [1.165, 1.54) is 10.6 Å². The molecule has 0 spiro atoms. The molecular formula is C11H16ClN3O2S. The van der Waals surface area contributed by atoms with Gasteiger partial charge in [0.05, 0.1) is 17.6 Å². The number of piperazine rings is 1. The molecule has 0 radical (unpaired) electrons. The van der Waals surface area contributed by atoms with Gasteiger partial charge in [0.25, 0.3) is 0 Å². The minimum absolute atomic E-state index is 0.487. The van der Waals surface area contributed by atoms with Crippen molar-refractivity contribution in [1.29, 1.82) is 0 Å². The third-order valence-corrected chi connectivity index (χ3v) is 4.58. The summed E-state index contributed by atoms with van der Waals surface area (Å²) >= 11 is 5.85. The molecule has 100 valence electrons. The second-order valence-corrected chi connectivity index (χ2v) is 6.77. The monoisotopic (exact) mass is 289 g/mol. The molecule has 0 unspecified atom stereocenters. The number of rotatable bonds is 2. The van der Waals surface area contributed by atoms with Crippen molar-refractivity contribution in [2.45, 2.75) is 0 Å². The lowest BCUT2D eigenvalue weighted by molar-refractivity contribution is 0.388. The molecule has 2 rings (SSSR count). The van der Waals surface area contributed by atoms with E-state index in [4.69, 9.17) is 17.3 Å². The molecule has 1 heterocycles. The summed E-state index contributed by atoms with van der Waals surface area (Å²) in [5, 5.41) is 0.603. The minimum Gasteiger partial charge on any atom is -0.397 e. The van der Waals surface area contributed by atoms with Crippen LogP contribution in [-0.2, 0) is 10.0 Å². The third-order valence-electron chi connectivity index (χ3n) is 3.04. The lowest BCUT2D eigenvalue weighted by atomic mass is 10.2. The summed E-state index contributed by atoms with van der Waals surface area (Å²) < 4.78 is 24.3. The van der Waals surface area contributed by atoms with E-state index in [1.54, 1.807) is 12.1 Å². The van der Waals surface area contributed by atoms with E-state index in [1.807, 2.05) is 6.07 Å². The Kier molecular flexibility index (Phi) is 3.70. The molecular weight excluding hydrogens is 274 g/mol. The lowest BCUT2D eigenvalue weighted by Gasteiger charge is -2.35. The topological polar surface area (TPSA) is 66.6 Å². The normalized spacial score (nSPS) is 18.0. The second kappa shape index (κ2) is 4.95. The zero-order valence-corrected chi connectivity index (χ0v) is 11.7. The van der Waals surface area contributed by atoms with Gasteiger partial charge in [-0.15, -0.1) is 0 Å². The van der Waals surface area contributed by atoms with Gasteiger partial charge < -0.3 is 10.6 Å². The molecule has 0 saturated carbocycles. The minimum atomic E-state index is -3.09. The predicted molar refractivity (Wildman–Crippen MR) is 74.5 cm³/mol. The molecule has 7 heteroatoms. The largest absolute Gasteiger partial charge is 0.397 e. The van der Waals surface area contributed by atoms with Crippen LogP contribution < -0.4 is 10.6 Å². The maximum Gasteiger partial charge on any atom is 0.211 e. The summed E-state index contributed by atoms with van der Waals surface area (Å²) in [5.41, 5.74) is 7.45. The highest BCUT2D eigenvalue weighted by molar-refractivity contribution is 7.88. The van der Waals surface area contributed by atoms with E-state index >= 15 is 0 Å². The van der Waals surface area contributed by atoms with Crippen molar-refractivity contribution in [2.24, 2.45) is 0 Å². The van der Waals surface area contributed by atoms with Gasteiger partial charge >= 0.3 is 0 Å². The fourth-order valence-electron chi connectivity index (χ4n) is 2.07. The number of nitrogens with zero attached hydrogens (tertiary/aromatic N) is 2. The average Bonchev–Trinajstić information content (AvgIpc) is 2.28. The molecule has 1 aliphatic heterocycles. The Hall–Kier alpha value is -0.980. The smallest absolute Gasteiger partial charge is 0.211 e. The fraction of sp³-hybridized carbons (Fsp3) is 0.455. The highest BCUT2D eigenvalue weighted by Crippen LogP contribution is 2.27. The molecule has 0 bridgehead atoms. The van der Waals surface area contributed by atoms with Crippen LogP contribution in [0.3, 0.4) is 0 Å². The molecule has 18 heavy (non-hydrogen) atoms. The van der Waals surface area contributed by atoms with Crippen LogP contribution >= 0.6 is 11.6 Å². The number of benzene rings is 1. The van der Waals surface area contributed by atoms with Gasteiger partial charge in [0, 0.05) is 31.2 Å². The van der Waals surface area contributed by atoms with E-state index in [-0.39, 0.29) is 0 Å². The van der Waals surface area contributed by atoms with Crippen LogP contribution in [0.2, 0.25) is 5.02 Å². The molecule has 1 aromatic rings. The quantitative estimate of drug-likeness (QED) is 0.825. The Balaban J connectivity index is 2.10. The van der Waals surface area contributed by atoms with Gasteiger partial charge in [0.15, 0.2) is 0 Å². The van der Waals surface area contributed by atoms with Crippen LogP contribution in [0.1, 0.15) is 0 Å². The summed E-state index contributed by atoms with van der Waals surface area (Å²) in [6.07, 6.45) is 1.24. The van der Waals surface area contributed by atoms with Gasteiger partial charge in [-0.3, -0.25) is 0 Å². The molecule has 2 N–H and O–H groups in total. The van der Waals surface area contributed by atoms with Crippen LogP contribution in [-0.4, -0.2) is 45.2 Å². The maximum absolute atomic E-state index is 11.4. The van der Waals surface area contributed by atoms with E-state index in [0.29, 0.717) is 36.9 Å².